The highest BCUT2D eigenvalue weighted by Gasteiger charge is 2.46. The Bertz CT molecular complexity index is 454. The van der Waals surface area contributed by atoms with E-state index in [1.807, 2.05) is 0 Å². The number of piperazine rings is 1. The Morgan fingerprint density at radius 1 is 1.12 bits per heavy atom. The predicted molar refractivity (Wildman–Crippen MR) is 86.0 cm³/mol. The SMILES string of the molecule is Cl.O=C(NCC(N1CCNCC1)C(F)(F)F)C1CCCC(C(F)(F)F)C1. The molecular weight excluding hydrogens is 388 g/mol. The quantitative estimate of drug-likeness (QED) is 0.699. The molecule has 0 aromatic heterocycles. The van der Waals surface area contributed by atoms with Crippen molar-refractivity contribution in [2.24, 2.45) is 11.8 Å². The molecule has 11 heteroatoms. The monoisotopic (exact) mass is 411 g/mol. The second-order valence-corrected chi connectivity index (χ2v) is 6.69. The maximum absolute atomic E-state index is 13.3. The fraction of sp³-hybridized carbons (Fsp3) is 0.933. The number of halogens is 7. The Morgan fingerprint density at radius 2 is 1.73 bits per heavy atom. The second-order valence-electron chi connectivity index (χ2n) is 6.69. The molecular formula is C15H24ClF6N3O. The Labute approximate surface area is 154 Å². The highest BCUT2D eigenvalue weighted by Crippen LogP contribution is 2.40. The van der Waals surface area contributed by atoms with E-state index in [4.69, 9.17) is 0 Å². The van der Waals surface area contributed by atoms with Gasteiger partial charge in [-0.25, -0.2) is 0 Å². The number of hydrogen-bond donors (Lipinski definition) is 2. The lowest BCUT2D eigenvalue weighted by atomic mass is 9.80. The second kappa shape index (κ2) is 9.45. The van der Waals surface area contributed by atoms with Crippen LogP contribution >= 0.6 is 12.4 Å². The van der Waals surface area contributed by atoms with Crippen LogP contribution in [0.5, 0.6) is 0 Å². The lowest BCUT2D eigenvalue weighted by Crippen LogP contribution is -2.58. The van der Waals surface area contributed by atoms with E-state index in [0.717, 1.165) is 0 Å². The van der Waals surface area contributed by atoms with Crippen LogP contribution in [0, 0.1) is 11.8 Å². The van der Waals surface area contributed by atoms with Crippen LogP contribution in [-0.4, -0.2) is 61.9 Å². The standard InChI is InChI=1S/C15H23F6N3O.ClH/c16-14(17,18)11-3-1-2-10(8-11)13(25)23-9-12(15(19,20)21)24-6-4-22-5-7-24;/h10-12,22H,1-9H2,(H,23,25);1H. The van der Waals surface area contributed by atoms with Gasteiger partial charge in [-0.1, -0.05) is 6.42 Å². The van der Waals surface area contributed by atoms with E-state index in [-0.39, 0.29) is 51.2 Å². The van der Waals surface area contributed by atoms with E-state index in [0.29, 0.717) is 13.1 Å². The average molecular weight is 412 g/mol. The minimum atomic E-state index is -4.51. The van der Waals surface area contributed by atoms with Gasteiger partial charge in [0.05, 0.1) is 5.92 Å². The minimum absolute atomic E-state index is 0. The number of rotatable bonds is 4. The summed E-state index contributed by atoms with van der Waals surface area (Å²) in [5, 5.41) is 5.19. The summed E-state index contributed by atoms with van der Waals surface area (Å²) >= 11 is 0. The topological polar surface area (TPSA) is 44.4 Å². The molecule has 3 atom stereocenters. The van der Waals surface area contributed by atoms with E-state index in [2.05, 4.69) is 10.6 Å². The van der Waals surface area contributed by atoms with E-state index < -0.39 is 42.7 Å². The van der Waals surface area contributed by atoms with Crippen LogP contribution in [-0.2, 0) is 4.79 Å². The van der Waals surface area contributed by atoms with Crippen molar-refractivity contribution in [3.8, 4) is 0 Å². The number of nitrogens with zero attached hydrogens (tertiary/aromatic N) is 1. The summed E-state index contributed by atoms with van der Waals surface area (Å²) in [4.78, 5) is 13.4. The molecule has 0 aromatic rings. The fourth-order valence-electron chi connectivity index (χ4n) is 3.51. The molecule has 2 N–H and O–H groups in total. The van der Waals surface area contributed by atoms with Gasteiger partial charge in [0, 0.05) is 38.6 Å². The van der Waals surface area contributed by atoms with Gasteiger partial charge in [0.2, 0.25) is 5.91 Å². The molecule has 1 heterocycles. The van der Waals surface area contributed by atoms with E-state index in [9.17, 15) is 31.1 Å². The molecule has 3 unspecified atom stereocenters. The zero-order chi connectivity index (χ0) is 18.7. The van der Waals surface area contributed by atoms with Crippen molar-refractivity contribution in [2.75, 3.05) is 32.7 Å². The Morgan fingerprint density at radius 3 is 2.27 bits per heavy atom. The summed E-state index contributed by atoms with van der Waals surface area (Å²) in [5.74, 6) is -3.14. The first kappa shape index (κ1) is 23.3. The van der Waals surface area contributed by atoms with Crippen molar-refractivity contribution in [3.05, 3.63) is 0 Å². The van der Waals surface area contributed by atoms with Gasteiger partial charge in [-0.2, -0.15) is 26.3 Å². The van der Waals surface area contributed by atoms with Crippen molar-refractivity contribution in [2.45, 2.75) is 44.1 Å². The molecule has 1 aliphatic heterocycles. The maximum atomic E-state index is 13.3. The van der Waals surface area contributed by atoms with Crippen LogP contribution in [0.25, 0.3) is 0 Å². The third kappa shape index (κ3) is 6.45. The van der Waals surface area contributed by atoms with Gasteiger partial charge in [0.25, 0.3) is 0 Å². The first-order valence-corrected chi connectivity index (χ1v) is 8.45. The number of carbonyl (C=O) groups excluding carboxylic acids is 1. The van der Waals surface area contributed by atoms with Gasteiger partial charge in [-0.3, -0.25) is 9.69 Å². The number of alkyl halides is 6. The van der Waals surface area contributed by atoms with Crippen molar-refractivity contribution < 1.29 is 31.1 Å². The van der Waals surface area contributed by atoms with E-state index in [1.165, 1.54) is 4.90 Å². The van der Waals surface area contributed by atoms with Gasteiger partial charge in [0.15, 0.2) is 0 Å². The summed E-state index contributed by atoms with van der Waals surface area (Å²) in [5.41, 5.74) is 0. The summed E-state index contributed by atoms with van der Waals surface area (Å²) in [6.45, 7) is 0.640. The van der Waals surface area contributed by atoms with Crippen molar-refractivity contribution in [3.63, 3.8) is 0 Å². The highest BCUT2D eigenvalue weighted by atomic mass is 35.5. The molecule has 1 amide bonds. The van der Waals surface area contributed by atoms with Crippen molar-refractivity contribution >= 4 is 18.3 Å². The van der Waals surface area contributed by atoms with E-state index in [1.54, 1.807) is 0 Å². The van der Waals surface area contributed by atoms with Gasteiger partial charge in [-0.05, 0) is 19.3 Å². The molecule has 0 spiro atoms. The lowest BCUT2D eigenvalue weighted by Gasteiger charge is -2.36. The smallest absolute Gasteiger partial charge is 0.354 e. The lowest BCUT2D eigenvalue weighted by molar-refractivity contribution is -0.187. The average Bonchev–Trinajstić information content (AvgIpc) is 2.54. The molecule has 2 aliphatic rings. The zero-order valence-electron chi connectivity index (χ0n) is 14.1. The molecule has 0 aromatic carbocycles. The van der Waals surface area contributed by atoms with Crippen LogP contribution in [0.15, 0.2) is 0 Å². The van der Waals surface area contributed by atoms with Gasteiger partial charge < -0.3 is 10.6 Å². The van der Waals surface area contributed by atoms with Crippen molar-refractivity contribution in [1.29, 1.82) is 0 Å². The predicted octanol–water partition coefficient (Wildman–Crippen LogP) is 2.73. The molecule has 1 saturated heterocycles. The Hall–Kier alpha value is -0.740. The minimum Gasteiger partial charge on any atom is -0.354 e. The molecule has 2 fully saturated rings. The molecule has 1 saturated carbocycles. The zero-order valence-corrected chi connectivity index (χ0v) is 14.9. The molecule has 1 aliphatic carbocycles. The van der Waals surface area contributed by atoms with Crippen LogP contribution in [0.1, 0.15) is 25.7 Å². The van der Waals surface area contributed by atoms with Crippen LogP contribution in [0.2, 0.25) is 0 Å². The fourth-order valence-corrected chi connectivity index (χ4v) is 3.51. The summed E-state index contributed by atoms with van der Waals surface area (Å²) in [6.07, 6.45) is -8.72. The summed E-state index contributed by atoms with van der Waals surface area (Å²) in [6, 6.07) is -1.82. The summed E-state index contributed by atoms with van der Waals surface area (Å²) in [7, 11) is 0. The molecule has 0 radical (unpaired) electrons. The summed E-state index contributed by atoms with van der Waals surface area (Å²) < 4.78 is 78.2. The van der Waals surface area contributed by atoms with Gasteiger partial charge >= 0.3 is 12.4 Å². The van der Waals surface area contributed by atoms with Crippen LogP contribution in [0.3, 0.4) is 0 Å². The first-order chi connectivity index (χ1) is 11.6. The molecule has 4 nitrogen and oxygen atoms in total. The molecule has 154 valence electrons. The molecule has 26 heavy (non-hydrogen) atoms. The number of nitrogens with one attached hydrogen (secondary N) is 2. The van der Waals surface area contributed by atoms with Crippen LogP contribution in [0.4, 0.5) is 26.3 Å². The number of hydrogen-bond acceptors (Lipinski definition) is 3. The highest BCUT2D eigenvalue weighted by molar-refractivity contribution is 5.85. The van der Waals surface area contributed by atoms with Gasteiger partial charge in [-0.15, -0.1) is 12.4 Å². The molecule has 0 bridgehead atoms. The molecule has 2 rings (SSSR count). The maximum Gasteiger partial charge on any atom is 0.405 e. The Kier molecular flexibility index (Phi) is 8.47. The van der Waals surface area contributed by atoms with Gasteiger partial charge in [0.1, 0.15) is 6.04 Å². The Balaban J connectivity index is 0.00000338. The van der Waals surface area contributed by atoms with Crippen LogP contribution < -0.4 is 10.6 Å². The van der Waals surface area contributed by atoms with E-state index >= 15 is 0 Å². The number of amides is 1. The third-order valence-corrected chi connectivity index (χ3v) is 4.95. The number of carbonyl (C=O) groups is 1. The van der Waals surface area contributed by atoms with Crippen molar-refractivity contribution in [1.82, 2.24) is 15.5 Å². The normalized spacial score (nSPS) is 26.7. The third-order valence-electron chi connectivity index (χ3n) is 4.95. The largest absolute Gasteiger partial charge is 0.405 e. The first-order valence-electron chi connectivity index (χ1n) is 8.45.